The van der Waals surface area contributed by atoms with Gasteiger partial charge in [0.2, 0.25) is 0 Å². The molecule has 6 atom stereocenters. The van der Waals surface area contributed by atoms with Gasteiger partial charge in [-0.15, -0.1) is 0 Å². The summed E-state index contributed by atoms with van der Waals surface area (Å²) < 4.78 is 34.2. The highest BCUT2D eigenvalue weighted by Gasteiger charge is 2.39. The van der Waals surface area contributed by atoms with Crippen LogP contribution < -0.4 is 4.89 Å². The van der Waals surface area contributed by atoms with Crippen LogP contribution in [0.2, 0.25) is 0 Å². The zero-order chi connectivity index (χ0) is 42.9. The fourth-order valence-corrected chi connectivity index (χ4v) is 7.39. The van der Waals surface area contributed by atoms with Gasteiger partial charge >= 0.3 is 5.97 Å². The van der Waals surface area contributed by atoms with Crippen LogP contribution in [0.3, 0.4) is 0 Å². The average molecular weight is 840 g/mol. The maximum atomic E-state index is 12.8. The molecule has 0 bridgehead atoms. The number of allylic oxidation sites excluding steroid dienone is 5. The highest BCUT2D eigenvalue weighted by Crippen LogP contribution is 2.38. The molecule has 1 rings (SSSR count). The fourth-order valence-electron chi connectivity index (χ4n) is 6.66. The highest BCUT2D eigenvalue weighted by molar-refractivity contribution is 7.45. The third kappa shape index (κ3) is 30.0. The first-order chi connectivity index (χ1) is 27.8. The smallest absolute Gasteiger partial charge is 0.306 e. The molecular formula is C46H82NO10P. The van der Waals surface area contributed by atoms with Crippen molar-refractivity contribution in [3.8, 4) is 0 Å². The number of hydrogen-bond donors (Lipinski definition) is 2. The van der Waals surface area contributed by atoms with E-state index in [1.54, 1.807) is 18.4 Å². The first kappa shape index (κ1) is 53.9. The first-order valence-corrected chi connectivity index (χ1v) is 24.0. The Labute approximate surface area is 352 Å². The molecule has 0 saturated heterocycles. The SMILES string of the molecule is CCCCCCCC/C=C\CCCCCC/C=C/OC[C@H](COP(=O)([O-])OCC[N+](C)(C)C)OC(=O)CCC/C=C\C[C@H]1C(=O)C[C@@H](O)[C@@H]1/C=C/[C@@H](O)CCCCC. The number of carbonyl (C=O) groups excluding carboxylic acids is 2. The van der Waals surface area contributed by atoms with Gasteiger partial charge in [-0.05, 0) is 70.3 Å². The Morgan fingerprint density at radius 3 is 2.07 bits per heavy atom. The van der Waals surface area contributed by atoms with E-state index in [0.717, 1.165) is 44.9 Å². The van der Waals surface area contributed by atoms with E-state index >= 15 is 0 Å². The summed E-state index contributed by atoms with van der Waals surface area (Å²) in [6, 6.07) is 0. The van der Waals surface area contributed by atoms with Crippen molar-refractivity contribution in [2.75, 3.05) is 47.5 Å². The second kappa shape index (κ2) is 33.6. The summed E-state index contributed by atoms with van der Waals surface area (Å²) in [6.07, 6.45) is 34.3. The minimum absolute atomic E-state index is 0.00949. The quantitative estimate of drug-likeness (QED) is 0.0155. The summed E-state index contributed by atoms with van der Waals surface area (Å²) in [6.45, 7) is 4.29. The predicted octanol–water partition coefficient (Wildman–Crippen LogP) is 9.46. The van der Waals surface area contributed by atoms with Gasteiger partial charge in [0.15, 0.2) is 6.10 Å². The molecule has 1 unspecified atom stereocenters. The number of quaternary nitrogens is 1. The Morgan fingerprint density at radius 2 is 1.41 bits per heavy atom. The van der Waals surface area contributed by atoms with Crippen molar-refractivity contribution >= 4 is 19.6 Å². The molecule has 11 nitrogen and oxygen atoms in total. The maximum Gasteiger partial charge on any atom is 0.306 e. The lowest BCUT2D eigenvalue weighted by molar-refractivity contribution is -0.870. The Balaban J connectivity index is 2.49. The number of carbonyl (C=O) groups is 2. The van der Waals surface area contributed by atoms with Crippen molar-refractivity contribution in [2.24, 2.45) is 11.8 Å². The van der Waals surface area contributed by atoms with Crippen LogP contribution in [0, 0.1) is 11.8 Å². The van der Waals surface area contributed by atoms with E-state index in [1.807, 2.05) is 39.4 Å². The van der Waals surface area contributed by atoms with Crippen LogP contribution in [-0.2, 0) is 32.7 Å². The van der Waals surface area contributed by atoms with Crippen molar-refractivity contribution in [3.05, 3.63) is 48.8 Å². The summed E-state index contributed by atoms with van der Waals surface area (Å²) >= 11 is 0. The Hall–Kier alpha value is -2.11. The number of nitrogens with zero attached hydrogens (tertiary/aromatic N) is 1. The molecule has 0 amide bonds. The maximum absolute atomic E-state index is 12.8. The molecule has 1 fully saturated rings. The standard InChI is InChI=1S/C46H82NO10P/c1-6-8-10-11-12-13-14-15-16-17-18-19-20-21-24-28-35-54-38-41(39-56-58(52,53)55-36-34-47(3,4)5)57-46(51)31-27-23-22-26-30-42-43(45(50)37-44(42)49)33-32-40(48)29-25-9-7-2/h15-16,22,26,28,32-33,35,40-43,45,48,50H,6-14,17-21,23-25,27,29-31,34,36-39H2,1-5H3/b16-15-,26-22-,33-32+,35-28+/t40-,41+,42+,43+,45+/m0/s1. The normalized spacial score (nSPS) is 19.9. The monoisotopic (exact) mass is 840 g/mol. The van der Waals surface area contributed by atoms with E-state index in [4.69, 9.17) is 18.5 Å². The number of likely N-dealkylation sites (N-methyl/N-ethyl adjacent to an activating group) is 1. The summed E-state index contributed by atoms with van der Waals surface area (Å²) in [5.41, 5.74) is 0. The minimum Gasteiger partial charge on any atom is -0.756 e. The molecule has 12 heteroatoms. The van der Waals surface area contributed by atoms with Gasteiger partial charge in [-0.3, -0.25) is 14.2 Å². The van der Waals surface area contributed by atoms with E-state index in [1.165, 1.54) is 57.8 Å². The number of esters is 1. The zero-order valence-electron chi connectivity index (χ0n) is 36.9. The lowest BCUT2D eigenvalue weighted by Gasteiger charge is -2.28. The van der Waals surface area contributed by atoms with Crippen LogP contribution in [0.4, 0.5) is 0 Å². The number of unbranched alkanes of at least 4 members (excludes halogenated alkanes) is 14. The van der Waals surface area contributed by atoms with E-state index in [-0.39, 0.29) is 43.7 Å². The van der Waals surface area contributed by atoms with Crippen molar-refractivity contribution in [2.45, 2.75) is 173 Å². The predicted molar refractivity (Wildman–Crippen MR) is 232 cm³/mol. The van der Waals surface area contributed by atoms with Gasteiger partial charge in [0.1, 0.15) is 25.5 Å². The molecule has 0 radical (unpaired) electrons. The molecule has 1 saturated carbocycles. The number of ether oxygens (including phenoxy) is 2. The van der Waals surface area contributed by atoms with Gasteiger partial charge in [-0.1, -0.05) is 115 Å². The van der Waals surface area contributed by atoms with E-state index in [9.17, 15) is 29.3 Å². The second-order valence-corrected chi connectivity index (χ2v) is 18.3. The summed E-state index contributed by atoms with van der Waals surface area (Å²) in [4.78, 5) is 37.8. The molecule has 0 heterocycles. The van der Waals surface area contributed by atoms with Gasteiger partial charge in [-0.2, -0.15) is 0 Å². The number of ketones is 1. The molecule has 2 N–H and O–H groups in total. The number of Topliss-reactive ketones (excluding diaryl/α,β-unsaturated/α-hetero) is 1. The second-order valence-electron chi connectivity index (χ2n) is 16.9. The third-order valence-electron chi connectivity index (χ3n) is 10.3. The van der Waals surface area contributed by atoms with Gasteiger partial charge in [0.05, 0.1) is 46.2 Å². The molecule has 0 aromatic heterocycles. The minimum atomic E-state index is -4.62. The number of aliphatic hydroxyl groups is 2. The summed E-state index contributed by atoms with van der Waals surface area (Å²) in [7, 11) is 1.15. The van der Waals surface area contributed by atoms with Crippen molar-refractivity contribution < 1.29 is 52.3 Å². The van der Waals surface area contributed by atoms with Gasteiger partial charge in [-0.25, -0.2) is 0 Å². The lowest BCUT2D eigenvalue weighted by atomic mass is 9.90. The Bertz CT molecular complexity index is 1230. The molecule has 58 heavy (non-hydrogen) atoms. The average Bonchev–Trinajstić information content (AvgIpc) is 3.43. The fraction of sp³-hybridized carbons (Fsp3) is 0.783. The zero-order valence-corrected chi connectivity index (χ0v) is 37.8. The van der Waals surface area contributed by atoms with E-state index in [0.29, 0.717) is 36.7 Å². The van der Waals surface area contributed by atoms with Gasteiger partial charge in [0.25, 0.3) is 7.82 Å². The molecule has 0 spiro atoms. The van der Waals surface area contributed by atoms with E-state index < -0.39 is 38.7 Å². The van der Waals surface area contributed by atoms with Crippen LogP contribution in [0.25, 0.3) is 0 Å². The van der Waals surface area contributed by atoms with Gasteiger partial charge in [0, 0.05) is 24.7 Å². The van der Waals surface area contributed by atoms with Crippen molar-refractivity contribution in [3.63, 3.8) is 0 Å². The van der Waals surface area contributed by atoms with Crippen LogP contribution in [-0.4, -0.2) is 92.3 Å². The molecule has 336 valence electrons. The van der Waals surface area contributed by atoms with Crippen LogP contribution in [0.15, 0.2) is 48.8 Å². The number of phosphoric acid groups is 1. The van der Waals surface area contributed by atoms with Crippen LogP contribution >= 0.6 is 7.82 Å². The van der Waals surface area contributed by atoms with Crippen molar-refractivity contribution in [1.82, 2.24) is 0 Å². The topological polar surface area (TPSA) is 152 Å². The lowest BCUT2D eigenvalue weighted by Crippen LogP contribution is -2.37. The molecular weight excluding hydrogens is 757 g/mol. The molecule has 0 aromatic rings. The van der Waals surface area contributed by atoms with Crippen molar-refractivity contribution in [1.29, 1.82) is 0 Å². The number of rotatable bonds is 37. The Kier molecular flexibility index (Phi) is 31.2. The highest BCUT2D eigenvalue weighted by atomic mass is 31.2. The molecule has 0 aromatic carbocycles. The van der Waals surface area contributed by atoms with Gasteiger partial charge < -0.3 is 38.1 Å². The molecule has 1 aliphatic rings. The summed E-state index contributed by atoms with van der Waals surface area (Å²) in [5, 5.41) is 20.7. The van der Waals surface area contributed by atoms with Crippen LogP contribution in [0.5, 0.6) is 0 Å². The summed E-state index contributed by atoms with van der Waals surface area (Å²) in [5.74, 6) is -1.18. The van der Waals surface area contributed by atoms with Crippen LogP contribution in [0.1, 0.15) is 155 Å². The third-order valence-corrected chi connectivity index (χ3v) is 11.2. The molecule has 0 aliphatic heterocycles. The number of hydrogen-bond acceptors (Lipinski definition) is 10. The van der Waals surface area contributed by atoms with E-state index in [2.05, 4.69) is 26.0 Å². The first-order valence-electron chi connectivity index (χ1n) is 22.5. The largest absolute Gasteiger partial charge is 0.756 e. The number of aliphatic hydroxyl groups excluding tert-OH is 2. The molecule has 1 aliphatic carbocycles. The number of phosphoric ester groups is 1. The Morgan fingerprint density at radius 1 is 0.828 bits per heavy atom.